The summed E-state index contributed by atoms with van der Waals surface area (Å²) < 4.78 is 12.4. The molecule has 178 valence electrons. The largest absolute Gasteiger partial charge is 0.457 e. The Morgan fingerprint density at radius 1 is 0.647 bits per heavy atom. The third-order valence-corrected chi connectivity index (χ3v) is 22.1. The summed E-state index contributed by atoms with van der Waals surface area (Å²) in [5.41, 5.74) is 0.978. The summed E-state index contributed by atoms with van der Waals surface area (Å²) >= 11 is 0. The molecule has 34 heavy (non-hydrogen) atoms. The van der Waals surface area contributed by atoms with Crippen molar-refractivity contribution in [2.24, 2.45) is 0 Å². The van der Waals surface area contributed by atoms with Gasteiger partial charge in [-0.05, 0) is 75.5 Å². The monoisotopic (exact) mass is 490 g/mol. The van der Waals surface area contributed by atoms with Crippen LogP contribution in [0.3, 0.4) is 0 Å². The minimum Gasteiger partial charge on any atom is -0.457 e. The molecule has 0 aliphatic rings. The molecule has 0 bridgehead atoms. The van der Waals surface area contributed by atoms with Crippen LogP contribution in [0.25, 0.3) is 0 Å². The number of carbonyl (C=O) groups is 2. The van der Waals surface area contributed by atoms with E-state index in [-0.39, 0.29) is 11.6 Å². The Hall–Kier alpha value is -2.81. The molecule has 0 spiro atoms. The van der Waals surface area contributed by atoms with Gasteiger partial charge < -0.3 is 9.16 Å². The summed E-state index contributed by atoms with van der Waals surface area (Å²) in [6.07, 6.45) is 0. The fourth-order valence-electron chi connectivity index (χ4n) is 3.43. The summed E-state index contributed by atoms with van der Waals surface area (Å²) in [5.74, 6) is 1.19. The zero-order valence-corrected chi connectivity index (χ0v) is 23.1. The average molecular weight is 491 g/mol. The minimum atomic E-state index is -1.96. The molecule has 6 heteroatoms. The maximum atomic E-state index is 13.2. The van der Waals surface area contributed by atoms with Crippen molar-refractivity contribution in [2.75, 3.05) is 0 Å². The van der Waals surface area contributed by atoms with Crippen LogP contribution in [0.15, 0.2) is 78.9 Å². The van der Waals surface area contributed by atoms with E-state index in [1.54, 1.807) is 60.7 Å². The first-order chi connectivity index (χ1) is 15.8. The number of carbonyl (C=O) groups excluding carboxylic acids is 2. The van der Waals surface area contributed by atoms with Crippen LogP contribution in [0.1, 0.15) is 40.1 Å². The molecule has 3 rings (SSSR count). The summed E-state index contributed by atoms with van der Waals surface area (Å²) in [6, 6.07) is 23.4. The highest BCUT2D eigenvalue weighted by molar-refractivity contribution is 7.37. The van der Waals surface area contributed by atoms with Crippen molar-refractivity contribution < 1.29 is 18.8 Å². The van der Waals surface area contributed by atoms with Crippen molar-refractivity contribution in [3.05, 3.63) is 95.6 Å². The van der Waals surface area contributed by atoms with E-state index in [1.807, 2.05) is 32.0 Å². The Morgan fingerprint density at radius 3 is 1.56 bits per heavy atom. The van der Waals surface area contributed by atoms with Crippen molar-refractivity contribution >= 4 is 27.0 Å². The second kappa shape index (κ2) is 9.82. The minimum absolute atomic E-state index is 0.0262. The van der Waals surface area contributed by atoms with Crippen molar-refractivity contribution in [3.8, 4) is 11.5 Å². The Labute approximate surface area is 204 Å². The Kier molecular flexibility index (Phi) is 7.45. The van der Waals surface area contributed by atoms with E-state index < -0.39 is 21.0 Å². The molecule has 0 amide bonds. The fraction of sp³-hybridized carbons (Fsp3) is 0.286. The summed E-state index contributed by atoms with van der Waals surface area (Å²) in [5, 5.41) is 0. The van der Waals surface area contributed by atoms with E-state index >= 15 is 0 Å². The lowest BCUT2D eigenvalue weighted by molar-refractivity contribution is 0.0568. The van der Waals surface area contributed by atoms with Gasteiger partial charge in [0.1, 0.15) is 17.1 Å². The van der Waals surface area contributed by atoms with Crippen molar-refractivity contribution in [3.63, 3.8) is 0 Å². The van der Waals surface area contributed by atoms with Gasteiger partial charge in [0.15, 0.2) is 19.4 Å². The lowest BCUT2D eigenvalue weighted by Crippen LogP contribution is -2.59. The van der Waals surface area contributed by atoms with Gasteiger partial charge in [0.05, 0.1) is 7.59 Å². The van der Waals surface area contributed by atoms with Gasteiger partial charge in [-0.1, -0.05) is 50.0 Å². The maximum Gasteiger partial charge on any atom is 0.193 e. The van der Waals surface area contributed by atoms with Crippen LogP contribution < -0.4 is 4.74 Å². The number of rotatable bonds is 9. The molecule has 0 heterocycles. The lowest BCUT2D eigenvalue weighted by Gasteiger charge is -2.41. The Morgan fingerprint density at radius 2 is 1.09 bits per heavy atom. The van der Waals surface area contributed by atoms with E-state index in [9.17, 15) is 9.59 Å². The molecule has 0 aromatic heterocycles. The van der Waals surface area contributed by atoms with Gasteiger partial charge in [0, 0.05) is 16.7 Å². The molecule has 0 saturated heterocycles. The molecule has 3 aromatic rings. The van der Waals surface area contributed by atoms with Crippen LogP contribution >= 0.6 is 0 Å². The topological polar surface area (TPSA) is 52.6 Å². The molecule has 3 aromatic carbocycles. The molecule has 0 aliphatic carbocycles. The molecule has 4 nitrogen and oxygen atoms in total. The highest BCUT2D eigenvalue weighted by Gasteiger charge is 2.45. The fourth-order valence-corrected chi connectivity index (χ4v) is 6.78. The van der Waals surface area contributed by atoms with Crippen molar-refractivity contribution in [1.29, 1.82) is 0 Å². The molecule has 0 unspecified atom stereocenters. The van der Waals surface area contributed by atoms with E-state index in [4.69, 9.17) is 9.16 Å². The Balaban J connectivity index is 1.68. The van der Waals surface area contributed by atoms with E-state index in [0.717, 1.165) is 0 Å². The molecular formula is C28H34O4Si2. The van der Waals surface area contributed by atoms with Crippen LogP contribution in [-0.2, 0) is 4.43 Å². The van der Waals surface area contributed by atoms with Gasteiger partial charge >= 0.3 is 0 Å². The van der Waals surface area contributed by atoms with Crippen LogP contribution in [0.5, 0.6) is 11.5 Å². The molecular weight excluding hydrogens is 456 g/mol. The van der Waals surface area contributed by atoms with Crippen LogP contribution in [0, 0.1) is 0 Å². The van der Waals surface area contributed by atoms with E-state index in [1.165, 1.54) is 0 Å². The molecule has 0 aliphatic heterocycles. The highest BCUT2D eigenvalue weighted by atomic mass is 29.3. The summed E-state index contributed by atoms with van der Waals surface area (Å²) in [4.78, 5) is 25.8. The first-order valence-corrected chi connectivity index (χ1v) is 18.9. The van der Waals surface area contributed by atoms with E-state index in [2.05, 4.69) is 32.7 Å². The third-order valence-electron chi connectivity index (χ3n) is 6.37. The van der Waals surface area contributed by atoms with Crippen molar-refractivity contribution in [2.45, 2.75) is 52.2 Å². The molecule has 0 fully saturated rings. The summed E-state index contributed by atoms with van der Waals surface area (Å²) in [6.45, 7) is 15.1. The van der Waals surface area contributed by atoms with Gasteiger partial charge in [0.25, 0.3) is 0 Å². The first-order valence-electron chi connectivity index (χ1n) is 11.5. The number of ether oxygens (including phenoxy) is 1. The molecule has 0 N–H and O–H groups in total. The normalized spacial score (nSPS) is 12.3. The second-order valence-corrected chi connectivity index (χ2v) is 26.4. The number of benzene rings is 3. The zero-order valence-electron chi connectivity index (χ0n) is 21.1. The number of hydrogen-bond acceptors (Lipinski definition) is 4. The smallest absolute Gasteiger partial charge is 0.193 e. The van der Waals surface area contributed by atoms with Crippen LogP contribution in [0.4, 0.5) is 0 Å². The first kappa shape index (κ1) is 25.8. The van der Waals surface area contributed by atoms with E-state index in [0.29, 0.717) is 28.2 Å². The number of hydrogen-bond donors (Lipinski definition) is 0. The van der Waals surface area contributed by atoms with Crippen LogP contribution in [-0.4, -0.2) is 32.6 Å². The SMILES string of the molecule is CC(C)(O[Si](C)(C)[Si](C)(C)C)C(=O)c1ccc(Oc2ccc(C(=O)c3ccccc3)cc2)cc1. The van der Waals surface area contributed by atoms with Crippen molar-refractivity contribution in [1.82, 2.24) is 0 Å². The third kappa shape index (κ3) is 6.00. The predicted molar refractivity (Wildman–Crippen MR) is 143 cm³/mol. The number of Topliss-reactive ketones (excluding diaryl/α,β-unsaturated/α-hetero) is 1. The predicted octanol–water partition coefficient (Wildman–Crippen LogP) is 7.31. The molecule has 0 atom stereocenters. The maximum absolute atomic E-state index is 13.2. The number of ketones is 2. The van der Waals surface area contributed by atoms with Gasteiger partial charge in [-0.2, -0.15) is 0 Å². The molecule has 0 saturated carbocycles. The average Bonchev–Trinajstić information content (AvgIpc) is 2.78. The zero-order chi connectivity index (χ0) is 25.1. The van der Waals surface area contributed by atoms with Gasteiger partial charge in [-0.3, -0.25) is 9.59 Å². The van der Waals surface area contributed by atoms with Crippen LogP contribution in [0.2, 0.25) is 32.7 Å². The van der Waals surface area contributed by atoms with Gasteiger partial charge in [-0.15, -0.1) is 0 Å². The van der Waals surface area contributed by atoms with Gasteiger partial charge in [0.2, 0.25) is 0 Å². The van der Waals surface area contributed by atoms with Gasteiger partial charge in [-0.25, -0.2) is 0 Å². The molecule has 0 radical (unpaired) electrons. The summed E-state index contributed by atoms with van der Waals surface area (Å²) in [7, 11) is -3.46. The lowest BCUT2D eigenvalue weighted by atomic mass is 9.97. The quantitative estimate of drug-likeness (QED) is 0.233. The standard InChI is InChI=1S/C28H34O4Si2/c1-28(2,32-34(6,7)33(3,4)5)27(30)23-15-19-25(20-16-23)31-24-17-13-22(14-18-24)26(29)21-11-9-8-10-12-21/h8-20H,1-7H3. The second-order valence-electron chi connectivity index (χ2n) is 10.5. The Bertz CT molecular complexity index is 1140. The highest BCUT2D eigenvalue weighted by Crippen LogP contribution is 2.29.